The third-order valence-corrected chi connectivity index (χ3v) is 5.50. The fourth-order valence-electron chi connectivity index (χ4n) is 2.86. The summed E-state index contributed by atoms with van der Waals surface area (Å²) in [7, 11) is -2.97. The number of nitrogens with one attached hydrogen (secondary N) is 1. The third kappa shape index (κ3) is 5.05. The number of nitrogens with zero attached hydrogens (tertiary/aromatic N) is 2. The predicted octanol–water partition coefficient (Wildman–Crippen LogP) is 3.29. The first-order valence-electron chi connectivity index (χ1n) is 8.93. The maximum Gasteiger partial charge on any atom is 0.148 e. The Bertz CT molecular complexity index is 1020. The molecule has 0 spiro atoms. The highest BCUT2D eigenvalue weighted by molar-refractivity contribution is 7.90. The Kier molecular flexibility index (Phi) is 5.77. The number of rotatable bonds is 7. The van der Waals surface area contributed by atoms with E-state index >= 15 is 0 Å². The summed E-state index contributed by atoms with van der Waals surface area (Å²) in [6.45, 7) is 5.17. The Labute approximate surface area is 161 Å². The average Bonchev–Trinajstić information content (AvgIpc) is 3.05. The van der Waals surface area contributed by atoms with Gasteiger partial charge in [-0.2, -0.15) is 5.10 Å². The first-order chi connectivity index (χ1) is 12.8. The van der Waals surface area contributed by atoms with E-state index in [1.54, 1.807) is 0 Å². The molecule has 0 amide bonds. The second-order valence-electron chi connectivity index (χ2n) is 6.89. The van der Waals surface area contributed by atoms with Crippen LogP contribution in [-0.2, 0) is 16.4 Å². The van der Waals surface area contributed by atoms with E-state index in [0.29, 0.717) is 13.1 Å². The molecule has 3 aromatic rings. The Balaban J connectivity index is 1.91. The van der Waals surface area contributed by atoms with Crippen molar-refractivity contribution < 1.29 is 8.42 Å². The van der Waals surface area contributed by atoms with Gasteiger partial charge in [0, 0.05) is 36.7 Å². The van der Waals surface area contributed by atoms with E-state index in [2.05, 4.69) is 37.4 Å². The first-order valence-corrected chi connectivity index (χ1v) is 11.0. The number of hydrogen-bond acceptors (Lipinski definition) is 4. The molecule has 0 atom stereocenters. The van der Waals surface area contributed by atoms with Gasteiger partial charge in [-0.05, 0) is 43.2 Å². The van der Waals surface area contributed by atoms with E-state index in [-0.39, 0.29) is 5.75 Å². The minimum Gasteiger partial charge on any atom is -0.312 e. The van der Waals surface area contributed by atoms with Gasteiger partial charge in [0.1, 0.15) is 9.84 Å². The molecule has 0 radical (unpaired) electrons. The zero-order chi connectivity index (χ0) is 19.4. The number of aromatic nitrogens is 2. The lowest BCUT2D eigenvalue weighted by Crippen LogP contribution is -2.22. The Morgan fingerprint density at radius 1 is 1.04 bits per heavy atom. The van der Waals surface area contributed by atoms with Crippen LogP contribution in [0.15, 0.2) is 54.7 Å². The van der Waals surface area contributed by atoms with E-state index in [1.807, 2.05) is 41.2 Å². The molecule has 27 heavy (non-hydrogen) atoms. The van der Waals surface area contributed by atoms with E-state index < -0.39 is 9.84 Å². The van der Waals surface area contributed by atoms with Crippen molar-refractivity contribution in [2.75, 3.05) is 18.6 Å². The molecule has 0 bridgehead atoms. The molecule has 142 valence electrons. The third-order valence-electron chi connectivity index (χ3n) is 4.56. The van der Waals surface area contributed by atoms with Crippen molar-refractivity contribution in [3.05, 3.63) is 71.4 Å². The summed E-state index contributed by atoms with van der Waals surface area (Å²) in [5, 5.41) is 8.03. The second-order valence-corrected chi connectivity index (χ2v) is 9.15. The normalized spacial score (nSPS) is 11.7. The van der Waals surface area contributed by atoms with Crippen LogP contribution in [0.3, 0.4) is 0 Å². The van der Waals surface area contributed by atoms with Gasteiger partial charge >= 0.3 is 0 Å². The number of benzene rings is 2. The van der Waals surface area contributed by atoms with Crippen molar-refractivity contribution in [2.45, 2.75) is 20.4 Å². The van der Waals surface area contributed by atoms with Crippen molar-refractivity contribution in [3.63, 3.8) is 0 Å². The molecule has 0 saturated carbocycles. The van der Waals surface area contributed by atoms with Crippen LogP contribution in [0.4, 0.5) is 0 Å². The van der Waals surface area contributed by atoms with Crippen LogP contribution in [0, 0.1) is 13.8 Å². The van der Waals surface area contributed by atoms with E-state index in [4.69, 9.17) is 5.10 Å². The maximum atomic E-state index is 11.3. The number of hydrogen-bond donors (Lipinski definition) is 1. The van der Waals surface area contributed by atoms with Crippen LogP contribution >= 0.6 is 0 Å². The SMILES string of the molecule is Cc1ccc(-c2nn(-c3ccccc3)cc2CNCCS(C)(=O)=O)cc1C. The summed E-state index contributed by atoms with van der Waals surface area (Å²) in [6, 6.07) is 16.3. The van der Waals surface area contributed by atoms with Gasteiger partial charge in [0.25, 0.3) is 0 Å². The van der Waals surface area contributed by atoms with Crippen LogP contribution < -0.4 is 5.32 Å². The quantitative estimate of drug-likeness (QED) is 0.636. The zero-order valence-corrected chi connectivity index (χ0v) is 16.8. The molecule has 1 heterocycles. The number of aryl methyl sites for hydroxylation is 2. The molecule has 0 aliphatic carbocycles. The largest absolute Gasteiger partial charge is 0.312 e. The van der Waals surface area contributed by atoms with E-state index in [0.717, 1.165) is 22.5 Å². The van der Waals surface area contributed by atoms with Crippen LogP contribution in [0.1, 0.15) is 16.7 Å². The molecule has 1 N–H and O–H groups in total. The molecule has 3 rings (SSSR count). The lowest BCUT2D eigenvalue weighted by Gasteiger charge is -2.07. The van der Waals surface area contributed by atoms with Crippen molar-refractivity contribution in [1.29, 1.82) is 0 Å². The van der Waals surface area contributed by atoms with Crippen LogP contribution in [0.5, 0.6) is 0 Å². The molecule has 5 nitrogen and oxygen atoms in total. The predicted molar refractivity (Wildman–Crippen MR) is 110 cm³/mol. The monoisotopic (exact) mass is 383 g/mol. The molecule has 1 aromatic heterocycles. The lowest BCUT2D eigenvalue weighted by molar-refractivity contribution is 0.596. The van der Waals surface area contributed by atoms with Crippen molar-refractivity contribution in [3.8, 4) is 16.9 Å². The highest BCUT2D eigenvalue weighted by Crippen LogP contribution is 2.25. The van der Waals surface area contributed by atoms with Crippen LogP contribution in [-0.4, -0.2) is 36.8 Å². The van der Waals surface area contributed by atoms with Crippen molar-refractivity contribution in [2.24, 2.45) is 0 Å². The van der Waals surface area contributed by atoms with Crippen molar-refractivity contribution >= 4 is 9.84 Å². The van der Waals surface area contributed by atoms with Crippen molar-refractivity contribution in [1.82, 2.24) is 15.1 Å². The Morgan fingerprint density at radius 3 is 2.44 bits per heavy atom. The first kappa shape index (κ1) is 19.3. The zero-order valence-electron chi connectivity index (χ0n) is 15.9. The minimum absolute atomic E-state index is 0.124. The summed E-state index contributed by atoms with van der Waals surface area (Å²) in [5.41, 5.74) is 6.47. The molecule has 0 aliphatic rings. The summed E-state index contributed by atoms with van der Waals surface area (Å²) in [5.74, 6) is 0.124. The Hall–Kier alpha value is -2.44. The summed E-state index contributed by atoms with van der Waals surface area (Å²) in [6.07, 6.45) is 3.26. The van der Waals surface area contributed by atoms with E-state index in [1.165, 1.54) is 17.4 Å². The van der Waals surface area contributed by atoms with Crippen LogP contribution in [0.25, 0.3) is 16.9 Å². The molecule has 0 saturated heterocycles. The van der Waals surface area contributed by atoms with Gasteiger partial charge in [-0.3, -0.25) is 0 Å². The topological polar surface area (TPSA) is 64.0 Å². The molecule has 0 unspecified atom stereocenters. The van der Waals surface area contributed by atoms with Gasteiger partial charge in [0.2, 0.25) is 0 Å². The fourth-order valence-corrected chi connectivity index (χ4v) is 3.38. The van der Waals surface area contributed by atoms with Gasteiger partial charge in [0.15, 0.2) is 0 Å². The summed E-state index contributed by atoms with van der Waals surface area (Å²) in [4.78, 5) is 0. The number of para-hydroxylation sites is 1. The summed E-state index contributed by atoms with van der Waals surface area (Å²) >= 11 is 0. The molecular formula is C21H25N3O2S. The standard InChI is InChI=1S/C21H25N3O2S/c1-16-9-10-18(13-17(16)2)21-19(14-22-11-12-27(3,25)26)15-24(23-21)20-7-5-4-6-8-20/h4-10,13,15,22H,11-12,14H2,1-3H3. The Morgan fingerprint density at radius 2 is 1.78 bits per heavy atom. The average molecular weight is 384 g/mol. The molecule has 0 fully saturated rings. The van der Waals surface area contributed by atoms with Gasteiger partial charge in [0.05, 0.1) is 17.1 Å². The summed E-state index contributed by atoms with van der Waals surface area (Å²) < 4.78 is 24.5. The minimum atomic E-state index is -2.97. The van der Waals surface area contributed by atoms with Crippen LogP contribution in [0.2, 0.25) is 0 Å². The van der Waals surface area contributed by atoms with Gasteiger partial charge in [-0.25, -0.2) is 13.1 Å². The highest BCUT2D eigenvalue weighted by atomic mass is 32.2. The highest BCUT2D eigenvalue weighted by Gasteiger charge is 2.13. The fraction of sp³-hybridized carbons (Fsp3) is 0.286. The molecule has 2 aromatic carbocycles. The smallest absolute Gasteiger partial charge is 0.148 e. The maximum absolute atomic E-state index is 11.3. The van der Waals surface area contributed by atoms with E-state index in [9.17, 15) is 8.42 Å². The lowest BCUT2D eigenvalue weighted by atomic mass is 10.0. The molecule has 6 heteroatoms. The van der Waals surface area contributed by atoms with Gasteiger partial charge in [-0.15, -0.1) is 0 Å². The number of sulfone groups is 1. The second kappa shape index (κ2) is 8.06. The van der Waals surface area contributed by atoms with Gasteiger partial charge in [-0.1, -0.05) is 30.3 Å². The molecule has 0 aliphatic heterocycles. The molecular weight excluding hydrogens is 358 g/mol. The van der Waals surface area contributed by atoms with Gasteiger partial charge < -0.3 is 5.32 Å².